The van der Waals surface area contributed by atoms with Crippen LogP contribution in [0.3, 0.4) is 0 Å². The molecule has 0 aliphatic heterocycles. The topological polar surface area (TPSA) is 0 Å². The number of hydrogen-bond donors (Lipinski definition) is 0. The Morgan fingerprint density at radius 2 is 0.615 bits per heavy atom. The van der Waals surface area contributed by atoms with Gasteiger partial charge in [0, 0.05) is 0 Å². The minimum Gasteiger partial charge on any atom is -0.0622 e. The van der Waals surface area contributed by atoms with Crippen molar-refractivity contribution in [2.75, 3.05) is 0 Å². The van der Waals surface area contributed by atoms with E-state index >= 15 is 0 Å². The van der Waals surface area contributed by atoms with E-state index in [2.05, 4.69) is 206 Å². The molecule has 0 amide bonds. The van der Waals surface area contributed by atoms with Crippen molar-refractivity contribution in [2.24, 2.45) is 0 Å². The Bertz CT molecular complexity index is 2940. The molecule has 0 atom stereocenters. The zero-order valence-corrected chi connectivity index (χ0v) is 28.6. The van der Waals surface area contributed by atoms with Crippen LogP contribution >= 0.6 is 0 Å². The summed E-state index contributed by atoms with van der Waals surface area (Å²) in [4.78, 5) is 0. The van der Waals surface area contributed by atoms with Crippen LogP contribution < -0.4 is 0 Å². The third kappa shape index (κ3) is 5.34. The van der Waals surface area contributed by atoms with Crippen molar-refractivity contribution in [3.63, 3.8) is 0 Å². The Morgan fingerprint density at radius 1 is 0.173 bits per heavy atom. The molecule has 0 fully saturated rings. The monoisotopic (exact) mass is 658 g/mol. The Balaban J connectivity index is 1.14. The Hall–Kier alpha value is -6.76. The van der Waals surface area contributed by atoms with Crippen molar-refractivity contribution in [1.29, 1.82) is 0 Å². The van der Waals surface area contributed by atoms with Gasteiger partial charge in [0.25, 0.3) is 0 Å². The third-order valence-electron chi connectivity index (χ3n) is 10.6. The molecule has 10 rings (SSSR count). The van der Waals surface area contributed by atoms with E-state index < -0.39 is 0 Å². The van der Waals surface area contributed by atoms with Crippen LogP contribution in [0.5, 0.6) is 0 Å². The molecule has 52 heavy (non-hydrogen) atoms. The van der Waals surface area contributed by atoms with Crippen molar-refractivity contribution in [3.8, 4) is 55.6 Å². The minimum atomic E-state index is 1.22. The molecule has 0 bridgehead atoms. The van der Waals surface area contributed by atoms with E-state index in [1.807, 2.05) is 0 Å². The van der Waals surface area contributed by atoms with Crippen LogP contribution in [0.15, 0.2) is 206 Å². The summed E-state index contributed by atoms with van der Waals surface area (Å²) in [7, 11) is 0. The quantitative estimate of drug-likeness (QED) is 0.161. The van der Waals surface area contributed by atoms with Crippen molar-refractivity contribution in [3.05, 3.63) is 206 Å². The number of rotatable bonds is 5. The first kappa shape index (κ1) is 30.1. The maximum atomic E-state index is 2.41. The van der Waals surface area contributed by atoms with Crippen molar-refractivity contribution >= 4 is 43.1 Å². The molecule has 10 aromatic rings. The molecule has 10 aromatic carbocycles. The first-order valence-corrected chi connectivity index (χ1v) is 18.0. The highest BCUT2D eigenvalue weighted by molar-refractivity contribution is 6.15. The van der Waals surface area contributed by atoms with Crippen LogP contribution in [0.1, 0.15) is 0 Å². The molecule has 0 aliphatic carbocycles. The molecule has 0 unspecified atom stereocenters. The zero-order valence-electron chi connectivity index (χ0n) is 28.6. The fourth-order valence-corrected chi connectivity index (χ4v) is 7.95. The van der Waals surface area contributed by atoms with Gasteiger partial charge >= 0.3 is 0 Å². The fraction of sp³-hybridized carbons (Fsp3) is 0. The van der Waals surface area contributed by atoms with Crippen LogP contribution in [0, 0.1) is 0 Å². The van der Waals surface area contributed by atoms with Gasteiger partial charge in [-0.05, 0) is 141 Å². The molecular formula is C52H34. The Labute approximate surface area is 303 Å². The number of benzene rings is 10. The van der Waals surface area contributed by atoms with Crippen molar-refractivity contribution in [1.82, 2.24) is 0 Å². The molecule has 0 radical (unpaired) electrons. The summed E-state index contributed by atoms with van der Waals surface area (Å²) in [5.41, 5.74) is 12.3. The predicted octanol–water partition coefficient (Wildman–Crippen LogP) is 14.6. The van der Waals surface area contributed by atoms with Crippen LogP contribution in [-0.4, -0.2) is 0 Å². The molecule has 0 saturated heterocycles. The molecule has 0 aromatic heterocycles. The predicted molar refractivity (Wildman–Crippen MR) is 224 cm³/mol. The van der Waals surface area contributed by atoms with Crippen molar-refractivity contribution in [2.45, 2.75) is 0 Å². The van der Waals surface area contributed by atoms with Gasteiger partial charge in [-0.1, -0.05) is 164 Å². The van der Waals surface area contributed by atoms with Crippen LogP contribution in [0.25, 0.3) is 98.7 Å². The average molecular weight is 659 g/mol. The average Bonchev–Trinajstić information content (AvgIpc) is 3.23. The lowest BCUT2D eigenvalue weighted by Crippen LogP contribution is -1.90. The zero-order chi connectivity index (χ0) is 34.4. The van der Waals surface area contributed by atoms with Crippen LogP contribution in [0.2, 0.25) is 0 Å². The minimum absolute atomic E-state index is 1.22. The standard InChI is InChI=1S/C52H34/c1-3-13-36(14-4-1)49-31-41-18-9-10-19-42(41)32-51(49)45-25-27-48-47-26-24-44(30-46(47)34-50(52(48)33-45)37-15-5-2-6-16-37)40-21-11-20-39(29-40)43-23-22-35-12-7-8-17-38(35)28-43/h1-34H. The van der Waals surface area contributed by atoms with Gasteiger partial charge in [0.1, 0.15) is 0 Å². The van der Waals surface area contributed by atoms with E-state index in [1.54, 1.807) is 0 Å². The lowest BCUT2D eigenvalue weighted by atomic mass is 9.87. The Morgan fingerprint density at radius 3 is 1.29 bits per heavy atom. The normalized spacial score (nSPS) is 11.5. The summed E-state index contributed by atoms with van der Waals surface area (Å²) in [5, 5.41) is 10.0. The van der Waals surface area contributed by atoms with E-state index in [1.165, 1.54) is 98.7 Å². The second-order valence-electron chi connectivity index (χ2n) is 13.7. The van der Waals surface area contributed by atoms with Gasteiger partial charge in [0.2, 0.25) is 0 Å². The molecule has 0 N–H and O–H groups in total. The van der Waals surface area contributed by atoms with Gasteiger partial charge in [-0.2, -0.15) is 0 Å². The lowest BCUT2D eigenvalue weighted by molar-refractivity contribution is 1.61. The van der Waals surface area contributed by atoms with E-state index in [4.69, 9.17) is 0 Å². The molecular weight excluding hydrogens is 625 g/mol. The molecule has 0 nitrogen and oxygen atoms in total. The van der Waals surface area contributed by atoms with Gasteiger partial charge in [-0.15, -0.1) is 0 Å². The number of fused-ring (bicyclic) bond motifs is 5. The maximum Gasteiger partial charge on any atom is -0.00928 e. The summed E-state index contributed by atoms with van der Waals surface area (Å²) in [5.74, 6) is 0. The van der Waals surface area contributed by atoms with Gasteiger partial charge in [0.15, 0.2) is 0 Å². The summed E-state index contributed by atoms with van der Waals surface area (Å²) in [6.07, 6.45) is 0. The SMILES string of the molecule is c1ccc(-c2cc3ccccc3cc2-c2ccc3c(c2)c(-c2ccccc2)cc2cc(-c4cccc(-c5ccc6ccccc6c5)c4)ccc23)cc1. The molecule has 0 heterocycles. The van der Waals surface area contributed by atoms with Gasteiger partial charge in [0.05, 0.1) is 0 Å². The summed E-state index contributed by atoms with van der Waals surface area (Å²) in [6.45, 7) is 0. The largest absolute Gasteiger partial charge is 0.0622 e. The summed E-state index contributed by atoms with van der Waals surface area (Å²) >= 11 is 0. The molecule has 0 aliphatic rings. The molecule has 0 saturated carbocycles. The lowest BCUT2D eigenvalue weighted by Gasteiger charge is -2.16. The van der Waals surface area contributed by atoms with Crippen LogP contribution in [-0.2, 0) is 0 Å². The Kier molecular flexibility index (Phi) is 7.25. The van der Waals surface area contributed by atoms with Gasteiger partial charge in [-0.25, -0.2) is 0 Å². The highest BCUT2D eigenvalue weighted by atomic mass is 14.2. The molecule has 0 spiro atoms. The van der Waals surface area contributed by atoms with E-state index in [0.717, 1.165) is 0 Å². The van der Waals surface area contributed by atoms with Crippen molar-refractivity contribution < 1.29 is 0 Å². The van der Waals surface area contributed by atoms with E-state index in [0.29, 0.717) is 0 Å². The molecule has 242 valence electrons. The number of hydrogen-bond acceptors (Lipinski definition) is 0. The van der Waals surface area contributed by atoms with E-state index in [9.17, 15) is 0 Å². The smallest absolute Gasteiger partial charge is 0.00928 e. The maximum absolute atomic E-state index is 2.41. The van der Waals surface area contributed by atoms with Gasteiger partial charge in [-0.3, -0.25) is 0 Å². The summed E-state index contributed by atoms with van der Waals surface area (Å²) < 4.78 is 0. The first-order valence-electron chi connectivity index (χ1n) is 18.0. The second-order valence-corrected chi connectivity index (χ2v) is 13.7. The highest BCUT2D eigenvalue weighted by Gasteiger charge is 2.15. The van der Waals surface area contributed by atoms with Crippen LogP contribution in [0.4, 0.5) is 0 Å². The fourth-order valence-electron chi connectivity index (χ4n) is 7.95. The first-order chi connectivity index (χ1) is 25.7. The highest BCUT2D eigenvalue weighted by Crippen LogP contribution is 2.42. The van der Waals surface area contributed by atoms with E-state index in [-0.39, 0.29) is 0 Å². The molecule has 0 heteroatoms. The second kappa shape index (κ2) is 12.5. The third-order valence-corrected chi connectivity index (χ3v) is 10.6. The summed E-state index contributed by atoms with van der Waals surface area (Å²) in [6, 6.07) is 75.7. The van der Waals surface area contributed by atoms with Gasteiger partial charge < -0.3 is 0 Å².